The molecule has 0 heterocycles. The molecule has 0 aliphatic rings. The van der Waals surface area contributed by atoms with Crippen LogP contribution in [-0.2, 0) is 13.8 Å². The molecular formula is C7H16NO3PS2. The van der Waals surface area contributed by atoms with Gasteiger partial charge in [-0.05, 0) is 18.3 Å². The number of ether oxygens (including phenoxy) is 1. The summed E-state index contributed by atoms with van der Waals surface area (Å²) in [5.74, 6) is 0.626. The van der Waals surface area contributed by atoms with Gasteiger partial charge in [0, 0.05) is 19.9 Å². The zero-order chi connectivity index (χ0) is 11.0. The van der Waals surface area contributed by atoms with Crippen LogP contribution in [0.1, 0.15) is 6.92 Å². The molecule has 4 nitrogen and oxygen atoms in total. The molecule has 0 saturated carbocycles. The van der Waals surface area contributed by atoms with E-state index in [9.17, 15) is 4.57 Å². The first kappa shape index (κ1) is 14.4. The van der Waals surface area contributed by atoms with E-state index in [0.29, 0.717) is 19.0 Å². The first-order chi connectivity index (χ1) is 6.60. The van der Waals surface area contributed by atoms with E-state index < -0.39 is 6.72 Å². The van der Waals surface area contributed by atoms with Gasteiger partial charge in [-0.2, -0.15) is 0 Å². The zero-order valence-corrected chi connectivity index (χ0v) is 11.2. The Morgan fingerprint density at radius 2 is 2.29 bits per heavy atom. The lowest BCUT2D eigenvalue weighted by Crippen LogP contribution is -2.12. The first-order valence-corrected chi connectivity index (χ1v) is 7.81. The second kappa shape index (κ2) is 7.65. The number of thiocarbonyl (C=S) groups is 1. The molecule has 0 aromatic heterocycles. The summed E-state index contributed by atoms with van der Waals surface area (Å²) in [6.07, 6.45) is 0. The van der Waals surface area contributed by atoms with Gasteiger partial charge in [-0.3, -0.25) is 9.24 Å². The predicted octanol–water partition coefficient (Wildman–Crippen LogP) is 2.40. The van der Waals surface area contributed by atoms with Crippen LogP contribution in [0.25, 0.3) is 0 Å². The fraction of sp³-hybridized carbons (Fsp3) is 0.857. The molecule has 84 valence electrons. The van der Waals surface area contributed by atoms with Crippen LogP contribution in [0.4, 0.5) is 0 Å². The highest BCUT2D eigenvalue weighted by Gasteiger charge is 2.27. The lowest BCUT2D eigenvalue weighted by Gasteiger charge is -2.24. The van der Waals surface area contributed by atoms with Crippen molar-refractivity contribution in [3.8, 4) is 0 Å². The minimum atomic E-state index is -2.83. The molecule has 0 radical (unpaired) electrons. The molecule has 0 amide bonds. The predicted molar refractivity (Wildman–Crippen MR) is 65.0 cm³/mol. The van der Waals surface area contributed by atoms with Crippen molar-refractivity contribution < 1.29 is 13.8 Å². The summed E-state index contributed by atoms with van der Waals surface area (Å²) in [6, 6.07) is 0. The Labute approximate surface area is 94.6 Å². The average molecular weight is 257 g/mol. The molecule has 0 aliphatic heterocycles. The second-order valence-electron chi connectivity index (χ2n) is 2.39. The van der Waals surface area contributed by atoms with Crippen LogP contribution in [-0.4, -0.2) is 43.3 Å². The van der Waals surface area contributed by atoms with E-state index in [2.05, 4.69) is 0 Å². The standard InChI is InChI=1S/C7H16NO3PS2/c1-4-11-12(9,8(2)7-13)14-6-5-10-3/h7H,4-6H2,1-3H3. The number of hydrogen-bond donors (Lipinski definition) is 0. The third-order valence-corrected chi connectivity index (χ3v) is 6.61. The highest BCUT2D eigenvalue weighted by atomic mass is 32.7. The fourth-order valence-corrected chi connectivity index (χ4v) is 4.72. The van der Waals surface area contributed by atoms with Gasteiger partial charge in [-0.25, -0.2) is 0 Å². The van der Waals surface area contributed by atoms with Gasteiger partial charge < -0.3 is 9.26 Å². The highest BCUT2D eigenvalue weighted by Crippen LogP contribution is 2.60. The first-order valence-electron chi connectivity index (χ1n) is 4.17. The summed E-state index contributed by atoms with van der Waals surface area (Å²) in [6.45, 7) is -0.0674. The smallest absolute Gasteiger partial charge is 0.353 e. The molecule has 7 heteroatoms. The van der Waals surface area contributed by atoms with Gasteiger partial charge in [0.2, 0.25) is 0 Å². The van der Waals surface area contributed by atoms with Gasteiger partial charge in [-0.1, -0.05) is 12.2 Å². The Balaban J connectivity index is 4.24. The van der Waals surface area contributed by atoms with Crippen LogP contribution < -0.4 is 0 Å². The molecule has 0 N–H and O–H groups in total. The van der Waals surface area contributed by atoms with Crippen molar-refractivity contribution in [1.29, 1.82) is 0 Å². The molecule has 0 fully saturated rings. The van der Waals surface area contributed by atoms with Crippen LogP contribution in [0.5, 0.6) is 0 Å². The zero-order valence-electron chi connectivity index (χ0n) is 8.63. The number of nitrogens with zero attached hydrogens (tertiary/aromatic N) is 1. The SMILES string of the molecule is CCOP(=O)(SCCOC)N(C)C=S. The Morgan fingerprint density at radius 3 is 2.71 bits per heavy atom. The van der Waals surface area contributed by atoms with Gasteiger partial charge in [0.05, 0.1) is 18.7 Å². The van der Waals surface area contributed by atoms with Crippen molar-refractivity contribution in [2.24, 2.45) is 0 Å². The molecule has 0 rings (SSSR count). The molecular weight excluding hydrogens is 241 g/mol. The Kier molecular flexibility index (Phi) is 7.86. The topological polar surface area (TPSA) is 38.8 Å². The Hall–Kier alpha value is 0.390. The lowest BCUT2D eigenvalue weighted by atomic mass is 10.9. The average Bonchev–Trinajstić information content (AvgIpc) is 2.17. The van der Waals surface area contributed by atoms with E-state index in [0.717, 1.165) is 0 Å². The number of methoxy groups -OCH3 is 1. The molecule has 0 bridgehead atoms. The van der Waals surface area contributed by atoms with Crippen molar-refractivity contribution in [3.05, 3.63) is 0 Å². The van der Waals surface area contributed by atoms with Crippen molar-refractivity contribution in [1.82, 2.24) is 4.67 Å². The third-order valence-electron chi connectivity index (χ3n) is 1.37. The molecule has 0 aromatic rings. The Morgan fingerprint density at radius 1 is 1.64 bits per heavy atom. The minimum absolute atomic E-state index is 0.408. The highest BCUT2D eigenvalue weighted by molar-refractivity contribution is 8.56. The van der Waals surface area contributed by atoms with E-state index in [1.54, 1.807) is 21.1 Å². The number of rotatable bonds is 8. The Bertz CT molecular complexity index is 215. The fourth-order valence-electron chi connectivity index (χ4n) is 0.676. The van der Waals surface area contributed by atoms with Gasteiger partial charge in [0.15, 0.2) is 0 Å². The van der Waals surface area contributed by atoms with E-state index in [4.69, 9.17) is 21.5 Å². The summed E-state index contributed by atoms with van der Waals surface area (Å²) in [7, 11) is 3.26. The third kappa shape index (κ3) is 4.75. The molecule has 1 unspecified atom stereocenters. The van der Waals surface area contributed by atoms with Crippen LogP contribution in [0.3, 0.4) is 0 Å². The molecule has 0 saturated heterocycles. The van der Waals surface area contributed by atoms with Crippen LogP contribution in [0.2, 0.25) is 0 Å². The van der Waals surface area contributed by atoms with E-state index in [1.165, 1.54) is 21.5 Å². The second-order valence-corrected chi connectivity index (χ2v) is 7.25. The summed E-state index contributed by atoms with van der Waals surface area (Å²) in [5, 5.41) is 0. The van der Waals surface area contributed by atoms with Gasteiger partial charge in [0.25, 0.3) is 0 Å². The monoisotopic (exact) mass is 257 g/mol. The van der Waals surface area contributed by atoms with Crippen molar-refractivity contribution in [3.63, 3.8) is 0 Å². The molecule has 0 aromatic carbocycles. The normalized spacial score (nSPS) is 14.8. The maximum absolute atomic E-state index is 12.1. The van der Waals surface area contributed by atoms with Crippen molar-refractivity contribution in [2.45, 2.75) is 6.92 Å². The summed E-state index contributed by atoms with van der Waals surface area (Å²) in [4.78, 5) is 0. The summed E-state index contributed by atoms with van der Waals surface area (Å²) in [5.41, 5.74) is 1.34. The van der Waals surface area contributed by atoms with E-state index in [-0.39, 0.29) is 0 Å². The largest absolute Gasteiger partial charge is 0.384 e. The quantitative estimate of drug-likeness (QED) is 0.378. The van der Waals surface area contributed by atoms with Gasteiger partial charge in [-0.15, -0.1) is 0 Å². The minimum Gasteiger partial charge on any atom is -0.384 e. The van der Waals surface area contributed by atoms with E-state index >= 15 is 0 Å². The van der Waals surface area contributed by atoms with Crippen LogP contribution in [0, 0.1) is 0 Å². The summed E-state index contributed by atoms with van der Waals surface area (Å²) < 4.78 is 23.7. The van der Waals surface area contributed by atoms with Crippen molar-refractivity contribution in [2.75, 3.05) is 33.1 Å². The van der Waals surface area contributed by atoms with Crippen LogP contribution >= 0.6 is 30.3 Å². The number of hydrogen-bond acceptors (Lipinski definition) is 5. The molecule has 1 atom stereocenters. The summed E-state index contributed by atoms with van der Waals surface area (Å²) >= 11 is 5.96. The van der Waals surface area contributed by atoms with Gasteiger partial charge in [0.1, 0.15) is 0 Å². The molecule has 0 aliphatic carbocycles. The molecule has 0 spiro atoms. The maximum atomic E-state index is 12.1. The van der Waals surface area contributed by atoms with Crippen LogP contribution in [0.15, 0.2) is 0 Å². The molecule has 14 heavy (non-hydrogen) atoms. The van der Waals surface area contributed by atoms with E-state index in [1.807, 2.05) is 0 Å². The van der Waals surface area contributed by atoms with Gasteiger partial charge >= 0.3 is 6.72 Å². The lowest BCUT2D eigenvalue weighted by molar-refractivity contribution is 0.218. The van der Waals surface area contributed by atoms with Crippen molar-refractivity contribution >= 4 is 35.8 Å². The maximum Gasteiger partial charge on any atom is 0.353 e.